The zero-order chi connectivity index (χ0) is 62.8. The summed E-state index contributed by atoms with van der Waals surface area (Å²) in [5.74, 6) is 0.906. The summed E-state index contributed by atoms with van der Waals surface area (Å²) in [6.45, 7) is 21.6. The molecule has 1 aliphatic carbocycles. The third kappa shape index (κ3) is 24.5. The number of likely N-dealkylation sites (N-methyl/N-ethyl adjacent to an activating group) is 1. The number of benzene rings is 2. The van der Waals surface area contributed by atoms with Crippen molar-refractivity contribution in [1.29, 1.82) is 0 Å². The maximum absolute atomic E-state index is 13.7. The summed E-state index contributed by atoms with van der Waals surface area (Å²) in [4.78, 5) is 91.2. The van der Waals surface area contributed by atoms with Crippen LogP contribution in [0.1, 0.15) is 159 Å². The summed E-state index contributed by atoms with van der Waals surface area (Å²) in [5.41, 5.74) is 22.1. The number of para-hydroxylation sites is 1. The van der Waals surface area contributed by atoms with Crippen molar-refractivity contribution in [2.45, 2.75) is 175 Å². The minimum absolute atomic E-state index is 0. The number of ketones is 1. The van der Waals surface area contributed by atoms with Crippen LogP contribution in [0, 0.1) is 38.0 Å². The molecule has 8 atom stereocenters. The molecule has 4 aromatic rings. The van der Waals surface area contributed by atoms with Crippen LogP contribution in [0.15, 0.2) is 110 Å². The van der Waals surface area contributed by atoms with E-state index in [0.29, 0.717) is 56.4 Å². The van der Waals surface area contributed by atoms with E-state index in [1.165, 1.54) is 32.4 Å². The Kier molecular flexibility index (Phi) is 39.0. The molecule has 2 aromatic carbocycles. The van der Waals surface area contributed by atoms with Gasteiger partial charge in [-0.3, -0.25) is 38.7 Å². The fourth-order valence-electron chi connectivity index (χ4n) is 11.9. The van der Waals surface area contributed by atoms with Gasteiger partial charge >= 0.3 is 0 Å². The molecule has 0 bridgehead atoms. The first-order valence-corrected chi connectivity index (χ1v) is 31.1. The third-order valence-corrected chi connectivity index (χ3v) is 16.3. The second-order valence-corrected chi connectivity index (χ2v) is 21.5. The van der Waals surface area contributed by atoms with Crippen LogP contribution in [-0.4, -0.2) is 120 Å². The topological polar surface area (TPSA) is 270 Å². The van der Waals surface area contributed by atoms with Crippen LogP contribution >= 0.6 is 0 Å². The Hall–Kier alpha value is -6.50. The number of rotatable bonds is 19. The zero-order valence-corrected chi connectivity index (χ0v) is 55.3. The van der Waals surface area contributed by atoms with Crippen LogP contribution in [0.3, 0.4) is 0 Å². The van der Waals surface area contributed by atoms with E-state index in [4.69, 9.17) is 16.2 Å². The predicted molar refractivity (Wildman–Crippen MR) is 346 cm³/mol. The van der Waals surface area contributed by atoms with Crippen molar-refractivity contribution in [1.82, 2.24) is 41.0 Å². The Balaban J connectivity index is 0.000000754. The molecule has 87 heavy (non-hydrogen) atoms. The van der Waals surface area contributed by atoms with Gasteiger partial charge in [0.1, 0.15) is 23.9 Å². The SMILES string of the molecule is C=CN.CC.CC.CC.CNC(=O)C(Cc1ccncc1)NC(=O)[C@@H]1CC(C2CCCCC2)CN1C(=O)C[C@H](N)c1ccccc1C.COc1ccccc1C(N)CC(=O)N1CC(C2CCNCC2)C[C@H]1C(=O)N[C@@H](Cc1ccncc1)C(C)=O.[CH3-].[Mn]. The van der Waals surface area contributed by atoms with Crippen molar-refractivity contribution in [3.8, 4) is 5.75 Å². The molecule has 5 heterocycles. The normalized spacial score (nSPS) is 19.1. The fraction of sp³-hybridized carbons (Fsp3) is 0.544. The Morgan fingerprint density at radius 3 is 1.52 bits per heavy atom. The van der Waals surface area contributed by atoms with Gasteiger partial charge in [-0.15, -0.1) is 0 Å². The fourth-order valence-corrected chi connectivity index (χ4v) is 11.9. The van der Waals surface area contributed by atoms with Gasteiger partial charge in [-0.25, -0.2) is 0 Å². The maximum atomic E-state index is 13.7. The quantitative estimate of drug-likeness (QED) is 0.0343. The van der Waals surface area contributed by atoms with Gasteiger partial charge in [0.2, 0.25) is 29.5 Å². The average molecular weight is 1240 g/mol. The number of hydrogen-bond donors (Lipinski definition) is 7. The van der Waals surface area contributed by atoms with Gasteiger partial charge in [0, 0.05) is 98.9 Å². The Morgan fingerprint density at radius 2 is 1.07 bits per heavy atom. The van der Waals surface area contributed by atoms with E-state index in [0.717, 1.165) is 66.6 Å². The number of likely N-dealkylation sites (tertiary alicyclic amines) is 2. The molecule has 4 unspecified atom stereocenters. The minimum atomic E-state index is -0.741. The number of carbonyl (C=O) groups excluding carboxylic acids is 6. The van der Waals surface area contributed by atoms with Crippen molar-refractivity contribution in [2.75, 3.05) is 40.3 Å². The van der Waals surface area contributed by atoms with Crippen molar-refractivity contribution in [3.63, 3.8) is 0 Å². The smallest absolute Gasteiger partial charge is 0.243 e. The van der Waals surface area contributed by atoms with Gasteiger partial charge in [0.15, 0.2) is 5.78 Å². The monoisotopic (exact) mass is 1240 g/mol. The molecule has 5 amide bonds. The van der Waals surface area contributed by atoms with Crippen LogP contribution < -0.4 is 43.2 Å². The molecule has 19 heteroatoms. The van der Waals surface area contributed by atoms with Gasteiger partial charge in [-0.1, -0.05) is 123 Å². The summed E-state index contributed by atoms with van der Waals surface area (Å²) >= 11 is 0. The van der Waals surface area contributed by atoms with Crippen LogP contribution in [0.2, 0.25) is 0 Å². The summed E-state index contributed by atoms with van der Waals surface area (Å²) in [5, 5.41) is 12.0. The van der Waals surface area contributed by atoms with Crippen LogP contribution in [0.25, 0.3) is 0 Å². The number of amides is 5. The number of carbonyl (C=O) groups is 6. The van der Waals surface area contributed by atoms with Crippen molar-refractivity contribution >= 4 is 35.3 Å². The first-order valence-electron chi connectivity index (χ1n) is 31.1. The predicted octanol–water partition coefficient (Wildman–Crippen LogP) is 8.68. The summed E-state index contributed by atoms with van der Waals surface area (Å²) in [7, 11) is 3.14. The van der Waals surface area contributed by atoms with Crippen molar-refractivity contribution in [3.05, 3.63) is 146 Å². The number of hydrogen-bond acceptors (Lipinski definition) is 13. The molecule has 1 saturated carbocycles. The number of pyridine rings is 2. The van der Waals surface area contributed by atoms with Gasteiger partial charge in [-0.05, 0) is 141 Å². The summed E-state index contributed by atoms with van der Waals surface area (Å²) in [6, 6.07) is 18.9. The third-order valence-electron chi connectivity index (χ3n) is 16.3. The van der Waals surface area contributed by atoms with Gasteiger partial charge in [0.05, 0.1) is 13.2 Å². The Bertz CT molecular complexity index is 2620. The molecule has 483 valence electrons. The molecule has 18 nitrogen and oxygen atoms in total. The summed E-state index contributed by atoms with van der Waals surface area (Å²) < 4.78 is 5.43. The first kappa shape index (κ1) is 78.5. The molecule has 0 spiro atoms. The number of ether oxygens (including phenoxy) is 1. The summed E-state index contributed by atoms with van der Waals surface area (Å²) in [6.07, 6.45) is 18.1. The molecule has 8 rings (SSSR count). The van der Waals surface area contributed by atoms with Gasteiger partial charge < -0.3 is 60.4 Å². The maximum Gasteiger partial charge on any atom is 0.243 e. The molecular weight excluding hydrogens is 1140 g/mol. The van der Waals surface area contributed by atoms with E-state index < -0.39 is 36.3 Å². The van der Waals surface area contributed by atoms with Crippen molar-refractivity contribution in [2.24, 2.45) is 40.9 Å². The number of aryl methyl sites for hydroxylation is 1. The number of nitrogens with one attached hydrogen (secondary N) is 4. The molecule has 2 aromatic heterocycles. The number of nitrogens with two attached hydrogens (primary N) is 3. The second-order valence-electron chi connectivity index (χ2n) is 21.5. The van der Waals surface area contributed by atoms with Crippen molar-refractivity contribution < 1.29 is 50.6 Å². The first-order chi connectivity index (χ1) is 41.1. The Morgan fingerprint density at radius 1 is 0.655 bits per heavy atom. The molecule has 4 fully saturated rings. The largest absolute Gasteiger partial charge is 0.496 e. The Labute approximate surface area is 532 Å². The van der Waals surface area contributed by atoms with E-state index in [1.807, 2.05) is 121 Å². The van der Waals surface area contributed by atoms with Gasteiger partial charge in [-0.2, -0.15) is 0 Å². The average Bonchev–Trinajstić information content (AvgIpc) is 2.29. The molecule has 3 aliphatic heterocycles. The standard InChI is InChI=1S/C30H41N5O3.C29H39N5O4.C2H5N.3C2H6.CH3.Mn/c1-20-8-6-7-11-24(20)25(31)18-28(36)35-19-23(22-9-4-3-5-10-22)17-27(35)30(38)34-26(29(37)32-2)16-21-12-14-33-15-13-21;1-19(35)25(15-20-7-11-31-12-8-20)33-29(37)26-16-22(21-9-13-32-14-10-21)18-34(26)28(36)17-24(30)23-5-3-4-6-27(23)38-2;1-2-3;3*1-2;;/h6-8,11-15,22-23,25-27H,3-5,9-10,16-19,31H2,1-2H3,(H,32,37)(H,34,38);3-8,11-12,21-22,24-26,32H,9-10,13-18,30H2,1-2H3,(H,33,37);2H,1,3H2;3*1-2H3;1H3;/q;;;;;;-1;/t23?,25-,26?,27-;22?,24?,25-,26-;;;;;;/m00....../s1. The number of methoxy groups -OCH3 is 1. The minimum Gasteiger partial charge on any atom is -0.496 e. The van der Waals surface area contributed by atoms with E-state index in [2.05, 4.69) is 43.5 Å². The van der Waals surface area contributed by atoms with E-state index >= 15 is 0 Å². The molecule has 10 N–H and O–H groups in total. The van der Waals surface area contributed by atoms with Crippen LogP contribution in [-0.2, 0) is 58.7 Å². The van der Waals surface area contributed by atoms with E-state index in [-0.39, 0.29) is 84.5 Å². The zero-order valence-electron chi connectivity index (χ0n) is 54.1. The molecule has 4 aliphatic rings. The number of Topliss-reactive ketones (excluding diaryl/α,β-unsaturated/α-hetero) is 1. The van der Waals surface area contributed by atoms with E-state index in [9.17, 15) is 28.8 Å². The molecule has 1 radical (unpaired) electrons. The van der Waals surface area contributed by atoms with Crippen LogP contribution in [0.4, 0.5) is 0 Å². The number of aromatic nitrogens is 2. The number of piperidine rings is 1. The molecular formula is C68H106MnN11O7-. The van der Waals surface area contributed by atoms with Crippen LogP contribution in [0.5, 0.6) is 5.75 Å². The number of nitrogens with zero attached hydrogens (tertiary/aromatic N) is 4. The molecule has 3 saturated heterocycles. The van der Waals surface area contributed by atoms with E-state index in [1.54, 1.807) is 48.7 Å². The second kappa shape index (κ2) is 43.2. The van der Waals surface area contributed by atoms with Gasteiger partial charge in [0.25, 0.3) is 0 Å².